The predicted octanol–water partition coefficient (Wildman–Crippen LogP) is 9.39. The van der Waals surface area contributed by atoms with Crippen molar-refractivity contribution in [3.63, 3.8) is 0 Å². The highest BCUT2D eigenvalue weighted by Gasteiger charge is 2.48. The lowest BCUT2D eigenvalue weighted by atomic mass is 9.84. The maximum Gasteiger partial charge on any atom is 0.501 e. The Labute approximate surface area is 426 Å². The Hall–Kier alpha value is -6.39. The van der Waals surface area contributed by atoms with E-state index in [1.165, 1.54) is 12.3 Å². The summed E-state index contributed by atoms with van der Waals surface area (Å²) in [7, 11) is -11.1. The molecular weight excluding hydrogens is 1010 g/mol. The highest BCUT2D eigenvalue weighted by atomic mass is 35.5. The van der Waals surface area contributed by atoms with Crippen molar-refractivity contribution >= 4 is 65.9 Å². The molecule has 2 fully saturated rings. The van der Waals surface area contributed by atoms with Gasteiger partial charge in [0.15, 0.2) is 0 Å². The van der Waals surface area contributed by atoms with Crippen molar-refractivity contribution in [1.29, 1.82) is 0 Å². The van der Waals surface area contributed by atoms with Crippen LogP contribution >= 0.6 is 11.6 Å². The Morgan fingerprint density at radius 2 is 1.60 bits per heavy atom. The number of carbonyl (C=O) groups excluding carboxylic acids is 2. The lowest BCUT2D eigenvalue weighted by Crippen LogP contribution is -2.50. The number of benzene rings is 4. The molecule has 16 nitrogen and oxygen atoms in total. The standard InChI is InChI=1S/C51H55ClF3N7O9S2/c1-50(2,3)71-49(65)62-27-25-60(26-28-62)22-6-20-56-43-16-14-39(31-45(43)72(66,67)51(53,54)55)73(68,69)59-48(64)42-15-13-37(30-44(42)70-38-29-35-17-21-57-47(35)58-32-38)61-23-18-34(19-24-61)46(63)41-8-5-4-7-40(41)33-9-11-36(52)12-10-33/h4-5,7-17,21,29-32,34,46,56,63H,6,18-20,22-28H2,1-3H3,(H,57,58)(H,59,64)/t46-/m1/s1. The second kappa shape index (κ2) is 21.6. The van der Waals surface area contributed by atoms with Gasteiger partial charge in [0.05, 0.1) is 28.4 Å². The zero-order valence-electron chi connectivity index (χ0n) is 40.2. The first-order valence-corrected chi connectivity index (χ1v) is 26.9. The number of sulfonamides is 1. The molecule has 2 aromatic heterocycles. The number of nitrogens with one attached hydrogen (secondary N) is 3. The summed E-state index contributed by atoms with van der Waals surface area (Å²) in [5.74, 6) is -1.19. The van der Waals surface area contributed by atoms with E-state index in [0.717, 1.165) is 28.8 Å². The third kappa shape index (κ3) is 12.5. The number of hydrogen-bond acceptors (Lipinski definition) is 13. The summed E-state index contributed by atoms with van der Waals surface area (Å²) in [6, 6.07) is 25.2. The second-order valence-electron chi connectivity index (χ2n) is 18.9. The van der Waals surface area contributed by atoms with Crippen molar-refractivity contribution in [2.24, 2.45) is 5.92 Å². The SMILES string of the molecule is CC(C)(C)OC(=O)N1CCN(CCCNc2ccc(S(=O)(=O)NC(=O)c3ccc(N4CCC([C@@H](O)c5ccccc5-c5ccc(Cl)cc5)CC4)cc3Oc3cnc4[nH]ccc4c3)cc2S(=O)(=O)C(F)(F)F)CC1. The van der Waals surface area contributed by atoms with Gasteiger partial charge in [0.2, 0.25) is 0 Å². The number of amides is 2. The molecule has 6 aromatic rings. The molecule has 8 rings (SSSR count). The van der Waals surface area contributed by atoms with Gasteiger partial charge in [0.1, 0.15) is 27.6 Å². The van der Waals surface area contributed by atoms with Crippen molar-refractivity contribution < 1.29 is 54.2 Å². The van der Waals surface area contributed by atoms with Gasteiger partial charge in [-0.05, 0) is 124 Å². The number of rotatable bonds is 15. The molecule has 73 heavy (non-hydrogen) atoms. The topological polar surface area (TPSA) is 204 Å². The summed E-state index contributed by atoms with van der Waals surface area (Å²) >= 11 is 6.14. The number of anilines is 2. The Balaban J connectivity index is 0.978. The molecule has 0 aliphatic carbocycles. The molecule has 0 unspecified atom stereocenters. The van der Waals surface area contributed by atoms with Crippen molar-refractivity contribution in [2.45, 2.75) is 67.0 Å². The number of halogens is 4. The van der Waals surface area contributed by atoms with Crippen LogP contribution < -0.4 is 19.7 Å². The first-order valence-electron chi connectivity index (χ1n) is 23.6. The number of nitrogens with zero attached hydrogens (tertiary/aromatic N) is 4. The summed E-state index contributed by atoms with van der Waals surface area (Å²) in [6.07, 6.45) is 3.43. The molecule has 2 aliphatic heterocycles. The molecule has 0 spiro atoms. The van der Waals surface area contributed by atoms with Gasteiger partial charge in [0.25, 0.3) is 25.8 Å². The first-order chi connectivity index (χ1) is 34.6. The van der Waals surface area contributed by atoms with Gasteiger partial charge >= 0.3 is 11.6 Å². The van der Waals surface area contributed by atoms with Crippen LogP contribution in [0.1, 0.15) is 62.1 Å². The number of aromatic amines is 1. The number of aromatic nitrogens is 2. The van der Waals surface area contributed by atoms with Crippen LogP contribution in [0.4, 0.5) is 29.3 Å². The summed E-state index contributed by atoms with van der Waals surface area (Å²) in [5.41, 5.74) is -3.42. The van der Waals surface area contributed by atoms with Crippen molar-refractivity contribution in [2.75, 3.05) is 62.6 Å². The number of piperazine rings is 1. The maximum atomic E-state index is 14.1. The number of hydrogen-bond donors (Lipinski definition) is 4. The lowest BCUT2D eigenvalue weighted by molar-refractivity contribution is -0.0436. The second-order valence-corrected chi connectivity index (χ2v) is 22.9. The van der Waals surface area contributed by atoms with E-state index in [9.17, 15) is 44.7 Å². The van der Waals surface area contributed by atoms with E-state index in [2.05, 4.69) is 15.3 Å². The van der Waals surface area contributed by atoms with Crippen LogP contribution in [0.25, 0.3) is 22.2 Å². The predicted molar refractivity (Wildman–Crippen MR) is 271 cm³/mol. The van der Waals surface area contributed by atoms with E-state index in [-0.39, 0.29) is 29.5 Å². The lowest BCUT2D eigenvalue weighted by Gasteiger charge is -2.36. The fourth-order valence-electron chi connectivity index (χ4n) is 8.86. The van der Waals surface area contributed by atoms with E-state index < -0.39 is 64.6 Å². The zero-order chi connectivity index (χ0) is 52.3. The number of fused-ring (bicyclic) bond motifs is 1. The summed E-state index contributed by atoms with van der Waals surface area (Å²) in [6.45, 7) is 8.63. The van der Waals surface area contributed by atoms with Crippen molar-refractivity contribution in [3.05, 3.63) is 126 Å². The number of piperidine rings is 1. The number of aliphatic hydroxyl groups is 1. The minimum absolute atomic E-state index is 0.0143. The summed E-state index contributed by atoms with van der Waals surface area (Å²) in [4.78, 5) is 37.2. The third-order valence-electron chi connectivity index (χ3n) is 12.7. The number of aliphatic hydroxyl groups excluding tert-OH is 1. The number of sulfone groups is 1. The Bertz CT molecular complexity index is 3190. The largest absolute Gasteiger partial charge is 0.501 e. The van der Waals surface area contributed by atoms with E-state index in [1.807, 2.05) is 50.9 Å². The highest BCUT2D eigenvalue weighted by Crippen LogP contribution is 2.40. The monoisotopic (exact) mass is 1070 g/mol. The number of ether oxygens (including phenoxy) is 2. The normalized spacial score (nSPS) is 15.8. The average molecular weight is 1070 g/mol. The third-order valence-corrected chi connectivity index (χ3v) is 15.8. The van der Waals surface area contributed by atoms with Crippen molar-refractivity contribution in [1.82, 2.24) is 24.5 Å². The molecule has 4 heterocycles. The Morgan fingerprint density at radius 3 is 2.30 bits per heavy atom. The van der Waals surface area contributed by atoms with Crippen molar-refractivity contribution in [3.8, 4) is 22.6 Å². The van der Waals surface area contributed by atoms with Crippen LogP contribution in [0.3, 0.4) is 0 Å². The summed E-state index contributed by atoms with van der Waals surface area (Å²) < 4.78 is 110. The number of carbonyl (C=O) groups is 2. The number of alkyl halides is 3. The molecule has 2 amide bonds. The molecule has 1 atom stereocenters. The maximum absolute atomic E-state index is 14.1. The highest BCUT2D eigenvalue weighted by molar-refractivity contribution is 7.92. The fourth-order valence-corrected chi connectivity index (χ4v) is 11.0. The first kappa shape index (κ1) is 52.9. The van der Waals surface area contributed by atoms with Gasteiger partial charge < -0.3 is 34.7 Å². The van der Waals surface area contributed by atoms with Crippen LogP contribution in [0.2, 0.25) is 5.02 Å². The van der Waals surface area contributed by atoms with Gasteiger partial charge in [-0.25, -0.2) is 31.3 Å². The molecule has 0 radical (unpaired) electrons. The minimum atomic E-state index is -6.11. The minimum Gasteiger partial charge on any atom is -0.455 e. The Kier molecular flexibility index (Phi) is 15.7. The van der Waals surface area contributed by atoms with Crippen LogP contribution in [-0.2, 0) is 24.6 Å². The fraction of sp³-hybridized carbons (Fsp3) is 0.353. The van der Waals surface area contributed by atoms with Crippen LogP contribution in [0, 0.1) is 5.92 Å². The van der Waals surface area contributed by atoms with E-state index in [4.69, 9.17) is 21.1 Å². The molecule has 0 bridgehead atoms. The summed E-state index contributed by atoms with van der Waals surface area (Å²) in [5, 5.41) is 15.7. The van der Waals surface area contributed by atoms with Gasteiger partial charge in [0, 0.05) is 74.2 Å². The van der Waals surface area contributed by atoms with Crippen LogP contribution in [-0.4, -0.2) is 117 Å². The average Bonchev–Trinajstić information content (AvgIpc) is 3.83. The number of pyridine rings is 1. The van der Waals surface area contributed by atoms with E-state index in [0.29, 0.717) is 92.9 Å². The van der Waals surface area contributed by atoms with Gasteiger partial charge in [-0.15, -0.1) is 0 Å². The quantitative estimate of drug-likeness (QED) is 0.0709. The zero-order valence-corrected chi connectivity index (χ0v) is 42.5. The molecule has 2 saturated heterocycles. The Morgan fingerprint density at radius 1 is 0.890 bits per heavy atom. The number of H-pyrrole nitrogens is 1. The van der Waals surface area contributed by atoms with E-state index in [1.54, 1.807) is 68.3 Å². The van der Waals surface area contributed by atoms with Crippen LogP contribution in [0.5, 0.6) is 11.5 Å². The van der Waals surface area contributed by atoms with Crippen LogP contribution in [0.15, 0.2) is 119 Å². The van der Waals surface area contributed by atoms with Gasteiger partial charge in [-0.3, -0.25) is 9.69 Å². The van der Waals surface area contributed by atoms with Gasteiger partial charge in [-0.2, -0.15) is 13.2 Å². The molecule has 2 aliphatic rings. The molecule has 388 valence electrons. The molecule has 0 saturated carbocycles. The van der Waals surface area contributed by atoms with Gasteiger partial charge in [-0.1, -0.05) is 48.0 Å². The smallest absolute Gasteiger partial charge is 0.455 e. The molecule has 4 aromatic carbocycles. The molecule has 22 heteroatoms. The molecular formula is C51H55ClF3N7O9S2. The molecule has 4 N–H and O–H groups in total. The van der Waals surface area contributed by atoms with E-state index >= 15 is 0 Å².